The highest BCUT2D eigenvalue weighted by atomic mass is 16.5. The fourth-order valence-corrected chi connectivity index (χ4v) is 3.89. The number of rotatable bonds is 8. The number of benzene rings is 2. The number of nitrogens with zero attached hydrogens (tertiary/aromatic N) is 1. The van der Waals surface area contributed by atoms with E-state index < -0.39 is 0 Å². The Morgan fingerprint density at radius 1 is 0.733 bits per heavy atom. The van der Waals surface area contributed by atoms with Crippen LogP contribution in [0.25, 0.3) is 22.6 Å². The van der Waals surface area contributed by atoms with Gasteiger partial charge in [0, 0.05) is 29.3 Å². The largest absolute Gasteiger partial charge is 0.493 e. The molecule has 0 aliphatic heterocycles. The average molecular weight is 410 g/mol. The Hall–Kier alpha value is -3.08. The molecule has 0 aliphatic carbocycles. The van der Waals surface area contributed by atoms with Gasteiger partial charge in [-0.2, -0.15) is 0 Å². The lowest BCUT2D eigenvalue weighted by molar-refractivity contribution is 0.324. The molecule has 0 atom stereocenters. The summed E-state index contributed by atoms with van der Waals surface area (Å²) in [4.78, 5) is 2.36. The van der Waals surface area contributed by atoms with Crippen molar-refractivity contribution in [2.24, 2.45) is 0 Å². The van der Waals surface area contributed by atoms with Gasteiger partial charge in [0.1, 0.15) is 5.76 Å². The van der Waals surface area contributed by atoms with Crippen LogP contribution in [-0.2, 0) is 0 Å². The van der Waals surface area contributed by atoms with Crippen LogP contribution in [0.2, 0.25) is 0 Å². The first-order valence-corrected chi connectivity index (χ1v) is 10.2. The summed E-state index contributed by atoms with van der Waals surface area (Å²) in [7, 11) is 4.84. The van der Waals surface area contributed by atoms with E-state index in [-0.39, 0.29) is 0 Å². The van der Waals surface area contributed by atoms with Crippen LogP contribution in [0.4, 0.5) is 5.69 Å². The minimum atomic E-state index is 0.298. The Bertz CT molecular complexity index is 943. The molecule has 0 unspecified atom stereocenters. The SMILES string of the molecule is COc1cc(-c2oc(-c3ccccc3)cc2N(C(C)C)C(C)C)cc(OC)c1OC. The van der Waals surface area contributed by atoms with Gasteiger partial charge in [-0.3, -0.25) is 0 Å². The number of ether oxygens (including phenoxy) is 3. The van der Waals surface area contributed by atoms with Crippen molar-refractivity contribution >= 4 is 5.69 Å². The minimum absolute atomic E-state index is 0.298. The number of methoxy groups -OCH3 is 3. The van der Waals surface area contributed by atoms with Crippen molar-refractivity contribution in [3.8, 4) is 39.9 Å². The molecule has 5 nitrogen and oxygen atoms in total. The summed E-state index contributed by atoms with van der Waals surface area (Å²) < 4.78 is 23.1. The van der Waals surface area contributed by atoms with Crippen molar-refractivity contribution in [2.45, 2.75) is 39.8 Å². The van der Waals surface area contributed by atoms with Crippen LogP contribution in [0, 0.1) is 0 Å². The molecular weight excluding hydrogens is 378 g/mol. The first-order valence-electron chi connectivity index (χ1n) is 10.2. The normalized spacial score (nSPS) is 11.1. The highest BCUT2D eigenvalue weighted by molar-refractivity contribution is 5.81. The third-order valence-electron chi connectivity index (χ3n) is 5.09. The molecule has 0 amide bonds. The summed E-state index contributed by atoms with van der Waals surface area (Å²) >= 11 is 0. The highest BCUT2D eigenvalue weighted by Gasteiger charge is 2.25. The van der Waals surface area contributed by atoms with E-state index in [9.17, 15) is 0 Å². The van der Waals surface area contributed by atoms with Gasteiger partial charge in [0.2, 0.25) is 5.75 Å². The lowest BCUT2D eigenvalue weighted by Gasteiger charge is -2.32. The molecule has 160 valence electrons. The van der Waals surface area contributed by atoms with Crippen LogP contribution in [-0.4, -0.2) is 33.4 Å². The Kier molecular flexibility index (Phi) is 6.60. The predicted molar refractivity (Wildman–Crippen MR) is 122 cm³/mol. The summed E-state index contributed by atoms with van der Waals surface area (Å²) in [5.74, 6) is 3.34. The molecule has 2 aromatic carbocycles. The summed E-state index contributed by atoms with van der Waals surface area (Å²) in [6, 6.07) is 16.7. The molecule has 0 bridgehead atoms. The molecule has 3 rings (SSSR count). The van der Waals surface area contributed by atoms with Crippen LogP contribution in [0.1, 0.15) is 27.7 Å². The molecule has 1 aromatic heterocycles. The zero-order valence-electron chi connectivity index (χ0n) is 18.9. The quantitative estimate of drug-likeness (QED) is 0.439. The number of anilines is 1. The Morgan fingerprint density at radius 2 is 1.30 bits per heavy atom. The van der Waals surface area contributed by atoms with Gasteiger partial charge in [0.25, 0.3) is 0 Å². The first kappa shape index (κ1) is 21.6. The van der Waals surface area contributed by atoms with Crippen LogP contribution < -0.4 is 19.1 Å². The fourth-order valence-electron chi connectivity index (χ4n) is 3.89. The molecule has 0 saturated carbocycles. The van der Waals surface area contributed by atoms with Crippen molar-refractivity contribution in [3.63, 3.8) is 0 Å². The van der Waals surface area contributed by atoms with Crippen molar-refractivity contribution in [1.82, 2.24) is 0 Å². The predicted octanol–water partition coefficient (Wildman–Crippen LogP) is 6.26. The van der Waals surface area contributed by atoms with Crippen LogP contribution in [0.15, 0.2) is 52.9 Å². The molecule has 0 N–H and O–H groups in total. The number of hydrogen-bond donors (Lipinski definition) is 0. The number of hydrogen-bond acceptors (Lipinski definition) is 5. The molecule has 5 heteroatoms. The zero-order valence-corrected chi connectivity index (χ0v) is 18.9. The van der Waals surface area contributed by atoms with E-state index in [2.05, 4.69) is 50.8 Å². The maximum absolute atomic E-state index is 6.45. The van der Waals surface area contributed by atoms with Crippen molar-refractivity contribution < 1.29 is 18.6 Å². The maximum atomic E-state index is 6.45. The van der Waals surface area contributed by atoms with E-state index in [4.69, 9.17) is 18.6 Å². The maximum Gasteiger partial charge on any atom is 0.203 e. The Balaban J connectivity index is 2.26. The van der Waals surface area contributed by atoms with E-state index in [1.807, 2.05) is 30.3 Å². The molecular formula is C25H31NO4. The van der Waals surface area contributed by atoms with Gasteiger partial charge in [-0.05, 0) is 39.8 Å². The van der Waals surface area contributed by atoms with Gasteiger partial charge < -0.3 is 23.5 Å². The first-order chi connectivity index (χ1) is 14.4. The van der Waals surface area contributed by atoms with Gasteiger partial charge >= 0.3 is 0 Å². The molecule has 0 fully saturated rings. The Morgan fingerprint density at radius 3 is 1.77 bits per heavy atom. The standard InChI is InChI=1S/C25H31NO4/c1-16(2)26(17(3)4)20-15-21(18-11-9-8-10-12-18)30-24(20)19-13-22(27-5)25(29-7)23(14-19)28-6/h8-17H,1-7H3. The summed E-state index contributed by atoms with van der Waals surface area (Å²) in [5, 5.41) is 0. The number of furan rings is 1. The van der Waals surface area contributed by atoms with E-state index in [0.29, 0.717) is 29.3 Å². The fraction of sp³-hybridized carbons (Fsp3) is 0.360. The lowest BCUT2D eigenvalue weighted by Crippen LogP contribution is -2.37. The summed E-state index contributed by atoms with van der Waals surface area (Å²) in [6.07, 6.45) is 0. The van der Waals surface area contributed by atoms with Crippen LogP contribution in [0.3, 0.4) is 0 Å². The monoisotopic (exact) mass is 409 g/mol. The zero-order chi connectivity index (χ0) is 21.8. The molecule has 30 heavy (non-hydrogen) atoms. The van der Waals surface area contributed by atoms with E-state index >= 15 is 0 Å². The van der Waals surface area contributed by atoms with Gasteiger partial charge in [-0.25, -0.2) is 0 Å². The van der Waals surface area contributed by atoms with Gasteiger partial charge in [0.15, 0.2) is 17.3 Å². The second-order valence-electron chi connectivity index (χ2n) is 7.70. The molecule has 0 spiro atoms. The molecule has 1 heterocycles. The second-order valence-corrected chi connectivity index (χ2v) is 7.70. The molecule has 3 aromatic rings. The van der Waals surface area contributed by atoms with Crippen molar-refractivity contribution in [3.05, 3.63) is 48.5 Å². The summed E-state index contributed by atoms with van der Waals surface area (Å²) in [6.45, 7) is 8.75. The van der Waals surface area contributed by atoms with Gasteiger partial charge in [0.05, 0.1) is 27.0 Å². The van der Waals surface area contributed by atoms with E-state index in [0.717, 1.165) is 28.3 Å². The molecule has 0 radical (unpaired) electrons. The van der Waals surface area contributed by atoms with Crippen molar-refractivity contribution in [1.29, 1.82) is 0 Å². The topological polar surface area (TPSA) is 44.1 Å². The van der Waals surface area contributed by atoms with Gasteiger partial charge in [-0.15, -0.1) is 0 Å². The average Bonchev–Trinajstić information content (AvgIpc) is 3.17. The smallest absolute Gasteiger partial charge is 0.203 e. The third-order valence-corrected chi connectivity index (χ3v) is 5.09. The van der Waals surface area contributed by atoms with Crippen molar-refractivity contribution in [2.75, 3.05) is 26.2 Å². The lowest BCUT2D eigenvalue weighted by atomic mass is 10.1. The van der Waals surface area contributed by atoms with Gasteiger partial charge in [-0.1, -0.05) is 30.3 Å². The van der Waals surface area contributed by atoms with Crippen LogP contribution in [0.5, 0.6) is 17.2 Å². The minimum Gasteiger partial charge on any atom is -0.493 e. The van der Waals surface area contributed by atoms with Crippen LogP contribution >= 0.6 is 0 Å². The molecule has 0 aliphatic rings. The van der Waals surface area contributed by atoms with E-state index in [1.165, 1.54) is 0 Å². The summed E-state index contributed by atoms with van der Waals surface area (Å²) in [5.41, 5.74) is 2.94. The Labute approximate surface area is 179 Å². The third kappa shape index (κ3) is 4.11. The second kappa shape index (κ2) is 9.16. The molecule has 0 saturated heterocycles. The van der Waals surface area contributed by atoms with E-state index in [1.54, 1.807) is 21.3 Å². The highest BCUT2D eigenvalue weighted by Crippen LogP contribution is 2.46.